The molecular weight excluding hydrogens is 108 g/mol. The Bertz CT molecular complexity index is 98.2. The minimum Gasteiger partial charge on any atom is -0.120 e. The fourth-order valence-electron chi connectivity index (χ4n) is 0.510. The second-order valence-corrected chi connectivity index (χ2v) is 3.37. The molecule has 0 saturated carbocycles. The number of unbranched alkanes of at least 4 members (excludes halogenated alkanes) is 1. The fraction of sp³-hybridized carbons (Fsp3) is 0.667. The maximum absolute atomic E-state index is 5.05. The van der Waals surface area contributed by atoms with Crippen molar-refractivity contribution in [1.29, 1.82) is 0 Å². The lowest BCUT2D eigenvalue weighted by Crippen LogP contribution is -2.03. The van der Waals surface area contributed by atoms with Gasteiger partial charge in [0.1, 0.15) is 0 Å². The average Bonchev–Trinajstić information content (AvgIpc) is 1.63. The monoisotopic (exact) mass is 122 g/mol. The Hall–Kier alpha value is -0.440. The molecule has 0 aliphatic carbocycles. The SMILES string of the molecule is C#CC[C]CC(C)(C)C. The van der Waals surface area contributed by atoms with E-state index in [0.29, 0.717) is 11.8 Å². The first-order valence-corrected chi connectivity index (χ1v) is 3.20. The van der Waals surface area contributed by atoms with Gasteiger partial charge in [0.15, 0.2) is 0 Å². The van der Waals surface area contributed by atoms with Crippen LogP contribution in [0, 0.1) is 24.2 Å². The van der Waals surface area contributed by atoms with E-state index < -0.39 is 0 Å². The summed E-state index contributed by atoms with van der Waals surface area (Å²) in [5.41, 5.74) is 0.344. The van der Waals surface area contributed by atoms with Gasteiger partial charge in [-0.1, -0.05) is 20.8 Å². The summed E-state index contributed by atoms with van der Waals surface area (Å²) in [5.74, 6) is 2.53. The van der Waals surface area contributed by atoms with Gasteiger partial charge in [0.05, 0.1) is 0 Å². The van der Waals surface area contributed by atoms with Gasteiger partial charge >= 0.3 is 0 Å². The maximum atomic E-state index is 5.05. The van der Waals surface area contributed by atoms with Crippen LogP contribution in [-0.2, 0) is 0 Å². The van der Waals surface area contributed by atoms with Crippen molar-refractivity contribution < 1.29 is 0 Å². The molecule has 0 fully saturated rings. The van der Waals surface area contributed by atoms with E-state index in [1.165, 1.54) is 0 Å². The van der Waals surface area contributed by atoms with E-state index in [-0.39, 0.29) is 0 Å². The number of hydrogen-bond acceptors (Lipinski definition) is 0. The summed E-state index contributed by atoms with van der Waals surface area (Å²) in [6, 6.07) is 0. The zero-order chi connectivity index (χ0) is 7.33. The lowest BCUT2D eigenvalue weighted by Gasteiger charge is -2.15. The van der Waals surface area contributed by atoms with Crippen molar-refractivity contribution in [3.05, 3.63) is 6.42 Å². The van der Waals surface area contributed by atoms with Crippen LogP contribution < -0.4 is 0 Å². The molecule has 0 aliphatic heterocycles. The minimum absolute atomic E-state index is 0.344. The van der Waals surface area contributed by atoms with Gasteiger partial charge in [-0.3, -0.25) is 0 Å². The van der Waals surface area contributed by atoms with Crippen molar-refractivity contribution in [3.63, 3.8) is 0 Å². The highest BCUT2D eigenvalue weighted by molar-refractivity contribution is 4.91. The van der Waals surface area contributed by atoms with Crippen molar-refractivity contribution in [1.82, 2.24) is 0 Å². The third-order valence-corrected chi connectivity index (χ3v) is 0.882. The predicted octanol–water partition coefficient (Wildman–Crippen LogP) is 2.53. The van der Waals surface area contributed by atoms with Crippen LogP contribution in [0.2, 0.25) is 0 Å². The van der Waals surface area contributed by atoms with Crippen LogP contribution in [0.15, 0.2) is 0 Å². The summed E-state index contributed by atoms with van der Waals surface area (Å²) in [6.07, 6.45) is 9.85. The Morgan fingerprint density at radius 3 is 2.22 bits per heavy atom. The molecule has 0 spiro atoms. The summed E-state index contributed by atoms with van der Waals surface area (Å²) in [7, 11) is 0. The standard InChI is InChI=1S/C9H14/c1-5-6-7-8-9(2,3)4/h1H,6,8H2,2-4H3. The zero-order valence-corrected chi connectivity index (χ0v) is 6.49. The molecule has 0 heteroatoms. The van der Waals surface area contributed by atoms with Crippen molar-refractivity contribution in [2.24, 2.45) is 5.41 Å². The predicted molar refractivity (Wildman–Crippen MR) is 40.8 cm³/mol. The first kappa shape index (κ1) is 8.56. The Morgan fingerprint density at radius 1 is 1.33 bits per heavy atom. The van der Waals surface area contributed by atoms with Crippen LogP contribution in [0.4, 0.5) is 0 Å². The van der Waals surface area contributed by atoms with Crippen molar-refractivity contribution >= 4 is 0 Å². The van der Waals surface area contributed by atoms with E-state index in [1.807, 2.05) is 0 Å². The first-order chi connectivity index (χ1) is 4.06. The molecule has 0 aromatic carbocycles. The quantitative estimate of drug-likeness (QED) is 0.390. The van der Waals surface area contributed by atoms with E-state index in [2.05, 4.69) is 33.1 Å². The molecule has 0 bridgehead atoms. The van der Waals surface area contributed by atoms with Gasteiger partial charge in [0.2, 0.25) is 0 Å². The van der Waals surface area contributed by atoms with Gasteiger partial charge < -0.3 is 0 Å². The second kappa shape index (κ2) is 3.56. The summed E-state index contributed by atoms with van der Waals surface area (Å²) < 4.78 is 0. The highest BCUT2D eigenvalue weighted by atomic mass is 14.1. The van der Waals surface area contributed by atoms with Crippen LogP contribution >= 0.6 is 0 Å². The van der Waals surface area contributed by atoms with Gasteiger partial charge in [-0.15, -0.1) is 12.3 Å². The molecule has 50 valence electrons. The number of hydrogen-bond donors (Lipinski definition) is 0. The van der Waals surface area contributed by atoms with E-state index in [0.717, 1.165) is 6.42 Å². The molecule has 0 nitrogen and oxygen atoms in total. The number of terminal acetylenes is 1. The molecule has 0 amide bonds. The Kier molecular flexibility index (Phi) is 3.39. The lowest BCUT2D eigenvalue weighted by atomic mass is 9.90. The molecular formula is C9H14. The summed E-state index contributed by atoms with van der Waals surface area (Å²) >= 11 is 0. The minimum atomic E-state index is 0.344. The molecule has 0 aromatic heterocycles. The third kappa shape index (κ3) is 7.56. The topological polar surface area (TPSA) is 0 Å². The average molecular weight is 122 g/mol. The van der Waals surface area contributed by atoms with Crippen molar-refractivity contribution in [2.75, 3.05) is 0 Å². The summed E-state index contributed by atoms with van der Waals surface area (Å²) in [5, 5.41) is 0. The molecule has 0 rings (SSSR count). The molecule has 2 radical (unpaired) electrons. The molecule has 9 heavy (non-hydrogen) atoms. The van der Waals surface area contributed by atoms with Crippen LogP contribution in [0.25, 0.3) is 0 Å². The van der Waals surface area contributed by atoms with Gasteiger partial charge in [-0.05, 0) is 18.3 Å². The summed E-state index contributed by atoms with van der Waals surface area (Å²) in [4.78, 5) is 0. The van der Waals surface area contributed by atoms with E-state index in [1.54, 1.807) is 0 Å². The molecule has 0 heterocycles. The third-order valence-electron chi connectivity index (χ3n) is 0.882. The lowest BCUT2D eigenvalue weighted by molar-refractivity contribution is 0.404. The first-order valence-electron chi connectivity index (χ1n) is 3.20. The molecule has 0 aliphatic rings. The van der Waals surface area contributed by atoms with Gasteiger partial charge in [-0.25, -0.2) is 0 Å². The zero-order valence-electron chi connectivity index (χ0n) is 6.49. The Morgan fingerprint density at radius 2 is 1.89 bits per heavy atom. The van der Waals surface area contributed by atoms with Crippen molar-refractivity contribution in [3.8, 4) is 12.3 Å². The largest absolute Gasteiger partial charge is 0.120 e. The molecule has 0 saturated heterocycles. The van der Waals surface area contributed by atoms with Crippen molar-refractivity contribution in [2.45, 2.75) is 33.6 Å². The van der Waals surface area contributed by atoms with Gasteiger partial charge in [0, 0.05) is 6.42 Å². The maximum Gasteiger partial charge on any atom is 0.0155 e. The molecule has 0 N–H and O–H groups in total. The van der Waals surface area contributed by atoms with E-state index in [4.69, 9.17) is 6.42 Å². The van der Waals surface area contributed by atoms with Crippen LogP contribution in [0.5, 0.6) is 0 Å². The molecule has 0 aromatic rings. The van der Waals surface area contributed by atoms with Crippen LogP contribution in [0.1, 0.15) is 33.6 Å². The molecule has 0 unspecified atom stereocenters. The highest BCUT2D eigenvalue weighted by Gasteiger charge is 2.08. The summed E-state index contributed by atoms with van der Waals surface area (Å²) in [6.45, 7) is 6.53. The van der Waals surface area contributed by atoms with Crippen LogP contribution in [0.3, 0.4) is 0 Å². The second-order valence-electron chi connectivity index (χ2n) is 3.37. The Balaban J connectivity index is 3.20. The normalized spacial score (nSPS) is 10.9. The van der Waals surface area contributed by atoms with Gasteiger partial charge in [-0.2, -0.15) is 0 Å². The van der Waals surface area contributed by atoms with E-state index >= 15 is 0 Å². The fourth-order valence-corrected chi connectivity index (χ4v) is 0.510. The van der Waals surface area contributed by atoms with E-state index in [9.17, 15) is 0 Å². The van der Waals surface area contributed by atoms with Crippen LogP contribution in [-0.4, -0.2) is 0 Å². The number of rotatable bonds is 2. The molecule has 0 atom stereocenters. The smallest absolute Gasteiger partial charge is 0.0155 e. The van der Waals surface area contributed by atoms with Gasteiger partial charge in [0.25, 0.3) is 0 Å². The highest BCUT2D eigenvalue weighted by Crippen LogP contribution is 2.20. The Labute approximate surface area is 58.7 Å².